The van der Waals surface area contributed by atoms with Gasteiger partial charge in [-0.1, -0.05) is 45.9 Å². The molecule has 1 aromatic rings. The molecule has 0 aliphatic carbocycles. The van der Waals surface area contributed by atoms with Crippen molar-refractivity contribution in [1.82, 2.24) is 0 Å². The minimum Gasteiger partial charge on any atom is -0.490 e. The Balaban J connectivity index is 3.11. The fourth-order valence-electron chi connectivity index (χ4n) is 2.20. The molecular formula is C17H29NO2. The average molecular weight is 279 g/mol. The van der Waals surface area contributed by atoms with Crippen molar-refractivity contribution in [3.8, 4) is 5.75 Å². The first-order chi connectivity index (χ1) is 9.54. The summed E-state index contributed by atoms with van der Waals surface area (Å²) in [5.74, 6) is 1.84. The van der Waals surface area contributed by atoms with Crippen LogP contribution in [0, 0.1) is 0 Å². The second kappa shape index (κ2) is 8.28. The van der Waals surface area contributed by atoms with Gasteiger partial charge in [0, 0.05) is 6.54 Å². The van der Waals surface area contributed by atoms with Crippen molar-refractivity contribution in [2.24, 2.45) is 5.73 Å². The number of benzene rings is 1. The summed E-state index contributed by atoms with van der Waals surface area (Å²) in [5, 5.41) is 9.64. The zero-order valence-electron chi connectivity index (χ0n) is 13.2. The maximum Gasteiger partial charge on any atom is 0.126 e. The number of aliphatic hydroxyl groups excluding tert-OH is 1. The van der Waals surface area contributed by atoms with Crippen molar-refractivity contribution < 1.29 is 9.84 Å². The summed E-state index contributed by atoms with van der Waals surface area (Å²) in [7, 11) is 0. The number of rotatable bonds is 8. The molecule has 0 fully saturated rings. The minimum absolute atomic E-state index is 0.226. The largest absolute Gasteiger partial charge is 0.490 e. The Hall–Kier alpha value is -1.06. The molecule has 0 saturated carbocycles. The SMILES string of the molecule is CCC(C)c1cccc(C(C)CC)c1OCC(O)CN. The predicted octanol–water partition coefficient (Wildman–Crippen LogP) is 3.41. The third kappa shape index (κ3) is 4.22. The highest BCUT2D eigenvalue weighted by atomic mass is 16.5. The van der Waals surface area contributed by atoms with E-state index in [-0.39, 0.29) is 13.2 Å². The molecule has 0 aliphatic heterocycles. The number of para-hydroxylation sites is 1. The number of hydrogen-bond donors (Lipinski definition) is 2. The zero-order valence-corrected chi connectivity index (χ0v) is 13.2. The Morgan fingerprint density at radius 1 is 1.10 bits per heavy atom. The lowest BCUT2D eigenvalue weighted by atomic mass is 9.90. The molecule has 0 aliphatic rings. The van der Waals surface area contributed by atoms with Crippen LogP contribution in [0.5, 0.6) is 5.75 Å². The number of hydrogen-bond acceptors (Lipinski definition) is 3. The number of aliphatic hydroxyl groups is 1. The van der Waals surface area contributed by atoms with Crippen molar-refractivity contribution >= 4 is 0 Å². The molecule has 0 spiro atoms. The Morgan fingerprint density at radius 2 is 1.60 bits per heavy atom. The van der Waals surface area contributed by atoms with Crippen LogP contribution >= 0.6 is 0 Å². The molecule has 0 heterocycles. The second-order valence-electron chi connectivity index (χ2n) is 5.58. The Bertz CT molecular complexity index is 378. The van der Waals surface area contributed by atoms with Crippen molar-refractivity contribution in [2.75, 3.05) is 13.2 Å². The average Bonchev–Trinajstić information content (AvgIpc) is 2.50. The van der Waals surface area contributed by atoms with Crippen molar-refractivity contribution in [3.63, 3.8) is 0 Å². The monoisotopic (exact) mass is 279 g/mol. The standard InChI is InChI=1S/C17H29NO2/c1-5-12(3)15-8-7-9-16(13(4)6-2)17(15)20-11-14(19)10-18/h7-9,12-14,19H,5-6,10-11,18H2,1-4H3. The van der Waals surface area contributed by atoms with Gasteiger partial charge < -0.3 is 15.6 Å². The molecule has 0 saturated heterocycles. The number of ether oxygens (including phenoxy) is 1. The summed E-state index contributed by atoms with van der Waals surface area (Å²) < 4.78 is 5.94. The molecule has 3 N–H and O–H groups in total. The Morgan fingerprint density at radius 3 is 2.00 bits per heavy atom. The summed E-state index contributed by atoms with van der Waals surface area (Å²) in [6.45, 7) is 9.26. The van der Waals surface area contributed by atoms with Crippen molar-refractivity contribution in [3.05, 3.63) is 29.3 Å². The normalized spacial score (nSPS) is 15.7. The van der Waals surface area contributed by atoms with Gasteiger partial charge in [0.2, 0.25) is 0 Å². The predicted molar refractivity (Wildman–Crippen MR) is 84.4 cm³/mol. The molecular weight excluding hydrogens is 250 g/mol. The van der Waals surface area contributed by atoms with E-state index in [2.05, 4.69) is 45.9 Å². The molecule has 3 heteroatoms. The van der Waals surface area contributed by atoms with Gasteiger partial charge in [0.05, 0.1) is 0 Å². The molecule has 1 aromatic carbocycles. The van der Waals surface area contributed by atoms with E-state index in [0.29, 0.717) is 11.8 Å². The third-order valence-corrected chi connectivity index (χ3v) is 4.05. The highest BCUT2D eigenvalue weighted by Gasteiger charge is 2.18. The topological polar surface area (TPSA) is 55.5 Å². The van der Waals surface area contributed by atoms with Crippen LogP contribution in [0.3, 0.4) is 0 Å². The van der Waals surface area contributed by atoms with Crippen LogP contribution in [0.25, 0.3) is 0 Å². The van der Waals surface area contributed by atoms with E-state index in [4.69, 9.17) is 10.5 Å². The van der Waals surface area contributed by atoms with E-state index in [1.54, 1.807) is 0 Å². The first-order valence-electron chi connectivity index (χ1n) is 7.68. The fourth-order valence-corrected chi connectivity index (χ4v) is 2.20. The first-order valence-corrected chi connectivity index (χ1v) is 7.68. The lowest BCUT2D eigenvalue weighted by Crippen LogP contribution is -2.27. The van der Waals surface area contributed by atoms with Gasteiger partial charge in [-0.05, 0) is 35.8 Å². The molecule has 0 bridgehead atoms. The van der Waals surface area contributed by atoms with E-state index in [1.165, 1.54) is 11.1 Å². The van der Waals surface area contributed by atoms with E-state index >= 15 is 0 Å². The van der Waals surface area contributed by atoms with Gasteiger partial charge in [0.1, 0.15) is 18.5 Å². The molecule has 0 amide bonds. The minimum atomic E-state index is -0.607. The molecule has 0 aromatic heterocycles. The molecule has 1 rings (SSSR count). The second-order valence-corrected chi connectivity index (χ2v) is 5.58. The van der Waals surface area contributed by atoms with E-state index in [0.717, 1.165) is 18.6 Å². The summed E-state index contributed by atoms with van der Waals surface area (Å²) in [5.41, 5.74) is 7.92. The van der Waals surface area contributed by atoms with Crippen LogP contribution in [0.1, 0.15) is 63.5 Å². The highest BCUT2D eigenvalue weighted by molar-refractivity contribution is 5.45. The van der Waals surface area contributed by atoms with Gasteiger partial charge in [-0.2, -0.15) is 0 Å². The van der Waals surface area contributed by atoms with Crippen molar-refractivity contribution in [2.45, 2.75) is 58.5 Å². The molecule has 0 radical (unpaired) electrons. The van der Waals surface area contributed by atoms with E-state index in [1.807, 2.05) is 0 Å². The number of nitrogens with two attached hydrogens (primary N) is 1. The Kier molecular flexibility index (Phi) is 7.03. The quantitative estimate of drug-likeness (QED) is 0.766. The molecule has 3 atom stereocenters. The first kappa shape index (κ1) is 17.0. The summed E-state index contributed by atoms with van der Waals surface area (Å²) in [6, 6.07) is 6.36. The fraction of sp³-hybridized carbons (Fsp3) is 0.647. The molecule has 3 unspecified atom stereocenters. The summed E-state index contributed by atoms with van der Waals surface area (Å²) in [6.07, 6.45) is 1.53. The molecule has 3 nitrogen and oxygen atoms in total. The lowest BCUT2D eigenvalue weighted by Gasteiger charge is -2.23. The summed E-state index contributed by atoms with van der Waals surface area (Å²) in [4.78, 5) is 0. The lowest BCUT2D eigenvalue weighted by molar-refractivity contribution is 0.112. The van der Waals surface area contributed by atoms with Crippen molar-refractivity contribution in [1.29, 1.82) is 0 Å². The van der Waals surface area contributed by atoms with Crippen LogP contribution in [0.4, 0.5) is 0 Å². The maximum atomic E-state index is 9.64. The maximum absolute atomic E-state index is 9.64. The van der Waals surface area contributed by atoms with E-state index < -0.39 is 6.10 Å². The zero-order chi connectivity index (χ0) is 15.1. The van der Waals surface area contributed by atoms with Crippen LogP contribution in [-0.2, 0) is 0 Å². The van der Waals surface area contributed by atoms with Crippen LogP contribution < -0.4 is 10.5 Å². The van der Waals surface area contributed by atoms with Gasteiger partial charge in [-0.3, -0.25) is 0 Å². The highest BCUT2D eigenvalue weighted by Crippen LogP contribution is 2.36. The molecule has 20 heavy (non-hydrogen) atoms. The van der Waals surface area contributed by atoms with Gasteiger partial charge in [-0.15, -0.1) is 0 Å². The third-order valence-electron chi connectivity index (χ3n) is 4.05. The molecule has 114 valence electrons. The van der Waals surface area contributed by atoms with Crippen LogP contribution in [0.15, 0.2) is 18.2 Å². The van der Waals surface area contributed by atoms with E-state index in [9.17, 15) is 5.11 Å². The van der Waals surface area contributed by atoms with Gasteiger partial charge in [0.15, 0.2) is 0 Å². The van der Waals surface area contributed by atoms with Gasteiger partial charge >= 0.3 is 0 Å². The van der Waals surface area contributed by atoms with Crippen LogP contribution in [-0.4, -0.2) is 24.4 Å². The van der Waals surface area contributed by atoms with Gasteiger partial charge in [-0.25, -0.2) is 0 Å². The van der Waals surface area contributed by atoms with Crippen LogP contribution in [0.2, 0.25) is 0 Å². The van der Waals surface area contributed by atoms with Gasteiger partial charge in [0.25, 0.3) is 0 Å². The summed E-state index contributed by atoms with van der Waals surface area (Å²) >= 11 is 0. The Labute approximate surface area is 123 Å². The smallest absolute Gasteiger partial charge is 0.126 e.